The second kappa shape index (κ2) is 6.19. The minimum absolute atomic E-state index is 0.0952. The van der Waals surface area contributed by atoms with Gasteiger partial charge in [-0.05, 0) is 43.7 Å². The Labute approximate surface area is 128 Å². The van der Waals surface area contributed by atoms with E-state index >= 15 is 0 Å². The summed E-state index contributed by atoms with van der Waals surface area (Å²) in [6.45, 7) is 3.19. The number of nitrogens with one attached hydrogen (secondary N) is 1. The van der Waals surface area contributed by atoms with Crippen molar-refractivity contribution in [2.75, 3.05) is 6.54 Å². The number of sulfonamides is 1. The van der Waals surface area contributed by atoms with Gasteiger partial charge in [-0.1, -0.05) is 17.7 Å². The van der Waals surface area contributed by atoms with Crippen LogP contribution < -0.4 is 4.72 Å². The van der Waals surface area contributed by atoms with Crippen LogP contribution in [0.2, 0.25) is 5.02 Å². The zero-order chi connectivity index (χ0) is 15.6. The summed E-state index contributed by atoms with van der Waals surface area (Å²) in [6.07, 6.45) is -1.05. The Balaban J connectivity index is 2.13. The van der Waals surface area contributed by atoms with Gasteiger partial charge in [-0.2, -0.15) is 0 Å². The Bertz CT molecular complexity index is 739. The predicted molar refractivity (Wildman–Crippen MR) is 79.8 cm³/mol. The van der Waals surface area contributed by atoms with Gasteiger partial charge in [0.2, 0.25) is 10.0 Å². The minimum atomic E-state index is -3.75. The van der Waals surface area contributed by atoms with Crippen molar-refractivity contribution in [2.45, 2.75) is 24.8 Å². The Hall–Kier alpha value is -1.34. The number of hydrogen-bond acceptors (Lipinski definition) is 4. The molecule has 2 rings (SSSR count). The first-order valence-electron chi connectivity index (χ1n) is 6.30. The molecule has 0 fully saturated rings. The van der Waals surface area contributed by atoms with Crippen LogP contribution in [0.1, 0.15) is 23.2 Å². The molecule has 0 radical (unpaired) electrons. The van der Waals surface area contributed by atoms with Crippen molar-refractivity contribution in [2.24, 2.45) is 0 Å². The van der Waals surface area contributed by atoms with E-state index in [9.17, 15) is 13.5 Å². The standard InChI is InChI=1S/C14H16ClNO4S/c1-9-6-7-13(20-9)12(17)8-16-21(18,19)14-5-3-4-11(15)10(14)2/h3-7,12,16-17H,8H2,1-2H3. The average molecular weight is 330 g/mol. The van der Waals surface area contributed by atoms with Crippen molar-refractivity contribution in [3.05, 3.63) is 52.4 Å². The molecule has 1 unspecified atom stereocenters. The molecule has 0 saturated carbocycles. The van der Waals surface area contributed by atoms with Crippen molar-refractivity contribution in [1.82, 2.24) is 4.72 Å². The molecule has 1 aromatic carbocycles. The van der Waals surface area contributed by atoms with Gasteiger partial charge < -0.3 is 9.52 Å². The number of aliphatic hydroxyl groups excluding tert-OH is 1. The molecule has 0 amide bonds. The summed E-state index contributed by atoms with van der Waals surface area (Å²) in [7, 11) is -3.75. The molecule has 1 atom stereocenters. The van der Waals surface area contributed by atoms with E-state index in [0.717, 1.165) is 0 Å². The molecule has 1 aromatic heterocycles. The second-order valence-electron chi connectivity index (χ2n) is 4.68. The Morgan fingerprint density at radius 3 is 2.62 bits per heavy atom. The largest absolute Gasteiger partial charge is 0.464 e. The number of hydrogen-bond donors (Lipinski definition) is 2. The van der Waals surface area contributed by atoms with E-state index in [4.69, 9.17) is 16.0 Å². The van der Waals surface area contributed by atoms with E-state index in [1.54, 1.807) is 38.1 Å². The molecular weight excluding hydrogens is 314 g/mol. The van der Waals surface area contributed by atoms with Gasteiger partial charge in [0.1, 0.15) is 17.6 Å². The van der Waals surface area contributed by atoms with Gasteiger partial charge >= 0.3 is 0 Å². The highest BCUT2D eigenvalue weighted by molar-refractivity contribution is 7.89. The van der Waals surface area contributed by atoms with E-state index in [2.05, 4.69) is 4.72 Å². The number of benzene rings is 1. The lowest BCUT2D eigenvalue weighted by Gasteiger charge is -2.12. The summed E-state index contributed by atoms with van der Waals surface area (Å²) in [5.41, 5.74) is 0.468. The van der Waals surface area contributed by atoms with Crippen LogP contribution in [0, 0.1) is 13.8 Å². The molecule has 1 heterocycles. The summed E-state index contributed by atoms with van der Waals surface area (Å²) in [5.74, 6) is 0.968. The highest BCUT2D eigenvalue weighted by atomic mass is 35.5. The number of furan rings is 1. The molecule has 114 valence electrons. The first-order valence-corrected chi connectivity index (χ1v) is 8.16. The Morgan fingerprint density at radius 2 is 2.00 bits per heavy atom. The van der Waals surface area contributed by atoms with Crippen LogP contribution in [0.15, 0.2) is 39.6 Å². The van der Waals surface area contributed by atoms with Crippen LogP contribution in [-0.2, 0) is 10.0 Å². The number of halogens is 1. The van der Waals surface area contributed by atoms with Crippen LogP contribution in [0.4, 0.5) is 0 Å². The van der Waals surface area contributed by atoms with Crippen molar-refractivity contribution in [3.8, 4) is 0 Å². The van der Waals surface area contributed by atoms with Gasteiger partial charge in [-0.15, -0.1) is 0 Å². The van der Waals surface area contributed by atoms with Crippen molar-refractivity contribution in [1.29, 1.82) is 0 Å². The normalized spacial score (nSPS) is 13.3. The highest BCUT2D eigenvalue weighted by Gasteiger charge is 2.20. The third kappa shape index (κ3) is 3.65. The third-order valence-corrected chi connectivity index (χ3v) is 5.04. The van der Waals surface area contributed by atoms with Crippen LogP contribution >= 0.6 is 11.6 Å². The predicted octanol–water partition coefficient (Wildman–Crippen LogP) is 2.56. The zero-order valence-corrected chi connectivity index (χ0v) is 13.2. The molecule has 0 bridgehead atoms. The van der Waals surface area contributed by atoms with Gasteiger partial charge in [0.15, 0.2) is 0 Å². The topological polar surface area (TPSA) is 79.5 Å². The van der Waals surface area contributed by atoms with E-state index in [1.165, 1.54) is 6.07 Å². The fourth-order valence-corrected chi connectivity index (χ4v) is 3.41. The van der Waals surface area contributed by atoms with Gasteiger partial charge in [-0.3, -0.25) is 0 Å². The summed E-state index contributed by atoms with van der Waals surface area (Å²) in [5, 5.41) is 10.3. The van der Waals surface area contributed by atoms with Crippen molar-refractivity contribution < 1.29 is 17.9 Å². The van der Waals surface area contributed by atoms with Crippen LogP contribution in [0.25, 0.3) is 0 Å². The molecule has 21 heavy (non-hydrogen) atoms. The quantitative estimate of drug-likeness (QED) is 0.883. The van der Waals surface area contributed by atoms with Crippen molar-refractivity contribution >= 4 is 21.6 Å². The number of rotatable bonds is 5. The number of aryl methyl sites for hydroxylation is 1. The highest BCUT2D eigenvalue weighted by Crippen LogP contribution is 2.23. The molecule has 0 aliphatic rings. The molecule has 2 aromatic rings. The molecule has 0 spiro atoms. The SMILES string of the molecule is Cc1ccc(C(O)CNS(=O)(=O)c2cccc(Cl)c2C)o1. The molecule has 2 N–H and O–H groups in total. The maximum absolute atomic E-state index is 12.2. The zero-order valence-electron chi connectivity index (χ0n) is 11.6. The van der Waals surface area contributed by atoms with Gasteiger partial charge in [0.25, 0.3) is 0 Å². The maximum Gasteiger partial charge on any atom is 0.240 e. The van der Waals surface area contributed by atoms with E-state index < -0.39 is 16.1 Å². The lowest BCUT2D eigenvalue weighted by atomic mass is 10.2. The summed E-state index contributed by atoms with van der Waals surface area (Å²) in [6, 6.07) is 7.96. The van der Waals surface area contributed by atoms with E-state index in [0.29, 0.717) is 22.1 Å². The first-order chi connectivity index (χ1) is 9.81. The fourth-order valence-electron chi connectivity index (χ4n) is 1.88. The lowest BCUT2D eigenvalue weighted by molar-refractivity contribution is 0.152. The molecule has 5 nitrogen and oxygen atoms in total. The fraction of sp³-hybridized carbons (Fsp3) is 0.286. The smallest absolute Gasteiger partial charge is 0.240 e. The van der Waals surface area contributed by atoms with Crippen molar-refractivity contribution in [3.63, 3.8) is 0 Å². The summed E-state index contributed by atoms with van der Waals surface area (Å²) in [4.78, 5) is 0.0952. The molecule has 0 aliphatic heterocycles. The second-order valence-corrected chi connectivity index (χ2v) is 6.82. The molecule has 7 heteroatoms. The van der Waals surface area contributed by atoms with Gasteiger partial charge in [0, 0.05) is 11.6 Å². The Morgan fingerprint density at radius 1 is 1.29 bits per heavy atom. The van der Waals surface area contributed by atoms with Crippen LogP contribution in [0.5, 0.6) is 0 Å². The first kappa shape index (κ1) is 16.0. The van der Waals surface area contributed by atoms with E-state index in [-0.39, 0.29) is 11.4 Å². The summed E-state index contributed by atoms with van der Waals surface area (Å²) < 4.78 is 32.1. The molecule has 0 saturated heterocycles. The third-order valence-electron chi connectivity index (χ3n) is 3.06. The lowest BCUT2D eigenvalue weighted by Crippen LogP contribution is -2.29. The molecular formula is C14H16ClNO4S. The van der Waals surface area contributed by atoms with Gasteiger partial charge in [0.05, 0.1) is 4.90 Å². The van der Waals surface area contributed by atoms with Crippen LogP contribution in [-0.4, -0.2) is 20.1 Å². The monoisotopic (exact) mass is 329 g/mol. The van der Waals surface area contributed by atoms with Crippen LogP contribution in [0.3, 0.4) is 0 Å². The number of aliphatic hydroxyl groups is 1. The van der Waals surface area contributed by atoms with E-state index in [1.807, 2.05) is 0 Å². The minimum Gasteiger partial charge on any atom is -0.464 e. The summed E-state index contributed by atoms with van der Waals surface area (Å²) >= 11 is 5.92. The average Bonchev–Trinajstić information content (AvgIpc) is 2.86. The Kier molecular flexibility index (Phi) is 4.73. The van der Waals surface area contributed by atoms with Gasteiger partial charge in [-0.25, -0.2) is 13.1 Å². The maximum atomic E-state index is 12.2. The molecule has 0 aliphatic carbocycles.